The summed E-state index contributed by atoms with van der Waals surface area (Å²) in [5, 5.41) is 3.26. The summed E-state index contributed by atoms with van der Waals surface area (Å²) in [5.41, 5.74) is 0.630. The van der Waals surface area contributed by atoms with Crippen molar-refractivity contribution in [1.29, 1.82) is 0 Å². The molecule has 25 heavy (non-hydrogen) atoms. The third-order valence-electron chi connectivity index (χ3n) is 4.83. The van der Waals surface area contributed by atoms with E-state index in [2.05, 4.69) is 9.71 Å². The number of carbonyl (C=O) groups excluding carboxylic acids is 1. The lowest BCUT2D eigenvalue weighted by Gasteiger charge is -2.24. The Hall–Kier alpha value is -1.93. The van der Waals surface area contributed by atoms with E-state index in [1.54, 1.807) is 24.3 Å². The zero-order valence-electron chi connectivity index (χ0n) is 14.6. The molecule has 7 nitrogen and oxygen atoms in total. The summed E-state index contributed by atoms with van der Waals surface area (Å²) in [6.45, 7) is 2.39. The number of sulfonamides is 1. The first-order valence-corrected chi connectivity index (χ1v) is 9.96. The largest absolute Gasteiger partial charge is 0.358 e. The summed E-state index contributed by atoms with van der Waals surface area (Å²) < 4.78 is 28.1. The molecule has 1 fully saturated rings. The molecule has 1 aromatic rings. The number of fused-ring (bicyclic) bond motifs is 1. The molecule has 0 radical (unpaired) electrons. The van der Waals surface area contributed by atoms with Crippen molar-refractivity contribution >= 4 is 21.8 Å². The van der Waals surface area contributed by atoms with Gasteiger partial charge in [-0.1, -0.05) is 12.1 Å². The number of hydrogen-bond acceptors (Lipinski definition) is 5. The summed E-state index contributed by atoms with van der Waals surface area (Å²) in [6.07, 6.45) is 2.09. The van der Waals surface area contributed by atoms with Gasteiger partial charge in [-0.05, 0) is 31.5 Å². The molecule has 0 spiro atoms. The molecule has 2 aliphatic heterocycles. The third kappa shape index (κ3) is 3.69. The molecule has 1 unspecified atom stereocenters. The fraction of sp³-hybridized carbons (Fsp3) is 0.529. The van der Waals surface area contributed by atoms with E-state index in [1.807, 2.05) is 23.9 Å². The Morgan fingerprint density at radius 1 is 1.32 bits per heavy atom. The molecule has 1 N–H and O–H groups in total. The van der Waals surface area contributed by atoms with E-state index in [4.69, 9.17) is 0 Å². The van der Waals surface area contributed by atoms with Crippen LogP contribution in [-0.2, 0) is 14.8 Å². The fourth-order valence-corrected chi connectivity index (χ4v) is 4.54. The minimum absolute atomic E-state index is 0.128. The molecule has 136 valence electrons. The maximum Gasteiger partial charge on any atom is 0.285 e. The molecule has 2 aliphatic rings. The summed E-state index contributed by atoms with van der Waals surface area (Å²) in [5.74, 6) is 0.583. The van der Waals surface area contributed by atoms with Crippen LogP contribution in [0.5, 0.6) is 0 Å². The lowest BCUT2D eigenvalue weighted by molar-refractivity contribution is -0.131. The van der Waals surface area contributed by atoms with E-state index >= 15 is 0 Å². The Balaban J connectivity index is 1.57. The van der Waals surface area contributed by atoms with E-state index in [0.717, 1.165) is 19.5 Å². The van der Waals surface area contributed by atoms with Crippen molar-refractivity contribution in [1.82, 2.24) is 15.1 Å². The standard InChI is InChI=1S/C17H24N4O3S/c1-20(11-5-8-16(22)21(2)13-9-10-18-12-13)17-14-6-3-4-7-15(14)25(23,24)19-17/h3-4,6-7,13,18H,5,8-12H2,1-2H3. The van der Waals surface area contributed by atoms with Gasteiger partial charge in [0.05, 0.1) is 0 Å². The van der Waals surface area contributed by atoms with Gasteiger partial charge in [-0.3, -0.25) is 4.79 Å². The highest BCUT2D eigenvalue weighted by atomic mass is 32.2. The molecule has 0 saturated carbocycles. The number of nitrogens with zero attached hydrogens (tertiary/aromatic N) is 3. The molecule has 8 heteroatoms. The van der Waals surface area contributed by atoms with Crippen LogP contribution in [0.1, 0.15) is 24.8 Å². The number of nitrogens with one attached hydrogen (secondary N) is 1. The molecule has 0 bridgehead atoms. The summed E-state index contributed by atoms with van der Waals surface area (Å²) in [6, 6.07) is 7.12. The summed E-state index contributed by atoms with van der Waals surface area (Å²) >= 11 is 0. The first-order chi connectivity index (χ1) is 11.9. The predicted molar refractivity (Wildman–Crippen MR) is 96.1 cm³/mol. The van der Waals surface area contributed by atoms with Crippen LogP contribution in [0.25, 0.3) is 0 Å². The SMILES string of the molecule is CN(CCCC(=O)N(C)C1CCNC1)C1=NS(=O)(=O)c2ccccc21. The van der Waals surface area contributed by atoms with Crippen molar-refractivity contribution in [3.63, 3.8) is 0 Å². The average Bonchev–Trinajstić information content (AvgIpc) is 3.21. The maximum atomic E-state index is 12.3. The van der Waals surface area contributed by atoms with Crippen molar-refractivity contribution in [2.45, 2.75) is 30.2 Å². The van der Waals surface area contributed by atoms with Crippen LogP contribution in [0.2, 0.25) is 0 Å². The van der Waals surface area contributed by atoms with E-state index in [0.29, 0.717) is 30.8 Å². The van der Waals surface area contributed by atoms with Crippen molar-refractivity contribution in [3.05, 3.63) is 29.8 Å². The van der Waals surface area contributed by atoms with E-state index in [9.17, 15) is 13.2 Å². The van der Waals surface area contributed by atoms with E-state index in [-0.39, 0.29) is 16.8 Å². The first kappa shape index (κ1) is 17.9. The lowest BCUT2D eigenvalue weighted by atomic mass is 10.1. The maximum absolute atomic E-state index is 12.3. The van der Waals surface area contributed by atoms with Crippen LogP contribution < -0.4 is 5.32 Å². The third-order valence-corrected chi connectivity index (χ3v) is 6.16. The number of hydrogen-bond donors (Lipinski definition) is 1. The van der Waals surface area contributed by atoms with Gasteiger partial charge in [0, 0.05) is 45.2 Å². The Labute approximate surface area is 148 Å². The van der Waals surface area contributed by atoms with Gasteiger partial charge < -0.3 is 15.1 Å². The Kier molecular flexibility index (Phi) is 5.10. The smallest absolute Gasteiger partial charge is 0.285 e. The van der Waals surface area contributed by atoms with Crippen molar-refractivity contribution in [2.75, 3.05) is 33.7 Å². The number of likely N-dealkylation sites (N-methyl/N-ethyl adjacent to an activating group) is 1. The normalized spacial score (nSPS) is 20.9. The van der Waals surface area contributed by atoms with Gasteiger partial charge in [-0.15, -0.1) is 4.40 Å². The van der Waals surface area contributed by atoms with Crippen LogP contribution in [0.15, 0.2) is 33.6 Å². The van der Waals surface area contributed by atoms with Gasteiger partial charge in [-0.25, -0.2) is 0 Å². The molecule has 3 rings (SSSR count). The van der Waals surface area contributed by atoms with Gasteiger partial charge in [0.1, 0.15) is 10.7 Å². The summed E-state index contributed by atoms with van der Waals surface area (Å²) in [7, 11) is 0.0643. The second-order valence-electron chi connectivity index (χ2n) is 6.56. The number of amides is 1. The molecule has 1 atom stereocenters. The van der Waals surface area contributed by atoms with Crippen molar-refractivity contribution < 1.29 is 13.2 Å². The van der Waals surface area contributed by atoms with Gasteiger partial charge in [-0.2, -0.15) is 8.42 Å². The molecule has 0 aromatic heterocycles. The minimum atomic E-state index is -3.60. The monoisotopic (exact) mass is 364 g/mol. The fourth-order valence-electron chi connectivity index (χ4n) is 3.29. The van der Waals surface area contributed by atoms with Crippen molar-refractivity contribution in [2.24, 2.45) is 4.40 Å². The van der Waals surface area contributed by atoms with Gasteiger partial charge >= 0.3 is 0 Å². The second kappa shape index (κ2) is 7.13. The van der Waals surface area contributed by atoms with E-state index in [1.165, 1.54) is 0 Å². The summed E-state index contributed by atoms with van der Waals surface area (Å²) in [4.78, 5) is 16.2. The van der Waals surface area contributed by atoms with Crippen molar-refractivity contribution in [3.8, 4) is 0 Å². The number of benzene rings is 1. The van der Waals surface area contributed by atoms with Crippen LogP contribution in [0, 0.1) is 0 Å². The van der Waals surface area contributed by atoms with Crippen LogP contribution >= 0.6 is 0 Å². The zero-order valence-corrected chi connectivity index (χ0v) is 15.4. The van der Waals surface area contributed by atoms with Crippen LogP contribution in [0.4, 0.5) is 0 Å². The Morgan fingerprint density at radius 3 is 2.80 bits per heavy atom. The number of rotatable bonds is 5. The molecule has 0 aliphatic carbocycles. The highest BCUT2D eigenvalue weighted by molar-refractivity contribution is 7.90. The molecule has 1 amide bonds. The Morgan fingerprint density at radius 2 is 2.08 bits per heavy atom. The van der Waals surface area contributed by atoms with Gasteiger partial charge in [0.25, 0.3) is 10.0 Å². The predicted octanol–water partition coefficient (Wildman–Crippen LogP) is 0.668. The minimum Gasteiger partial charge on any atom is -0.358 e. The van der Waals surface area contributed by atoms with Gasteiger partial charge in [0.15, 0.2) is 0 Å². The zero-order chi connectivity index (χ0) is 18.0. The highest BCUT2D eigenvalue weighted by Gasteiger charge is 2.30. The quantitative estimate of drug-likeness (QED) is 0.830. The highest BCUT2D eigenvalue weighted by Crippen LogP contribution is 2.27. The van der Waals surface area contributed by atoms with Gasteiger partial charge in [0.2, 0.25) is 5.91 Å². The first-order valence-electron chi connectivity index (χ1n) is 8.52. The van der Waals surface area contributed by atoms with Crippen LogP contribution in [0.3, 0.4) is 0 Å². The Bertz CT molecular complexity index is 785. The van der Waals surface area contributed by atoms with E-state index < -0.39 is 10.0 Å². The number of amidine groups is 1. The lowest BCUT2D eigenvalue weighted by Crippen LogP contribution is -2.38. The molecular weight excluding hydrogens is 340 g/mol. The average molecular weight is 364 g/mol. The topological polar surface area (TPSA) is 82.1 Å². The van der Waals surface area contributed by atoms with Crippen LogP contribution in [-0.4, -0.2) is 69.7 Å². The second-order valence-corrected chi connectivity index (χ2v) is 8.14. The molecule has 2 heterocycles. The number of carbonyl (C=O) groups is 1. The molecule has 1 saturated heterocycles. The molecular formula is C17H24N4O3S. The molecule has 1 aromatic carbocycles.